The fraction of sp³-hybridized carbons (Fsp3) is 0.417. The molecule has 0 unspecified atom stereocenters. The van der Waals surface area contributed by atoms with Crippen LogP contribution < -0.4 is 20.5 Å². The minimum absolute atomic E-state index is 0.00477. The summed E-state index contributed by atoms with van der Waals surface area (Å²) in [6.45, 7) is 5.59. The highest BCUT2D eigenvalue weighted by molar-refractivity contribution is 7.87. The number of urea groups is 1. The van der Waals surface area contributed by atoms with E-state index in [1.807, 2.05) is 20.8 Å². The second kappa shape index (κ2) is 6.21. The molecule has 0 fully saturated rings. The molecule has 0 radical (unpaired) electrons. The molecular formula is C12H20N4O3S. The summed E-state index contributed by atoms with van der Waals surface area (Å²) in [5.74, 6) is 0. The van der Waals surface area contributed by atoms with E-state index >= 15 is 0 Å². The van der Waals surface area contributed by atoms with Gasteiger partial charge in [-0.25, -0.2) is 9.93 Å². The topological polar surface area (TPSA) is 113 Å². The second-order valence-corrected chi connectivity index (χ2v) is 6.73. The van der Waals surface area contributed by atoms with Gasteiger partial charge in [0.15, 0.2) is 0 Å². The van der Waals surface area contributed by atoms with E-state index in [0.717, 1.165) is 0 Å². The number of anilines is 1. The first-order valence-electron chi connectivity index (χ1n) is 6.01. The summed E-state index contributed by atoms with van der Waals surface area (Å²) in [5, 5.41) is 10.3. The molecule has 0 atom stereocenters. The first-order valence-corrected chi connectivity index (χ1v) is 7.56. The molecule has 0 heterocycles. The van der Waals surface area contributed by atoms with E-state index in [2.05, 4.69) is 15.4 Å². The van der Waals surface area contributed by atoms with Crippen molar-refractivity contribution in [1.29, 1.82) is 0 Å². The lowest BCUT2D eigenvalue weighted by Crippen LogP contribution is -2.43. The minimum atomic E-state index is -3.77. The summed E-state index contributed by atoms with van der Waals surface area (Å²) in [6.07, 6.45) is 0. The van der Waals surface area contributed by atoms with Crippen LogP contribution in [-0.2, 0) is 16.8 Å². The zero-order valence-electron chi connectivity index (χ0n) is 11.7. The summed E-state index contributed by atoms with van der Waals surface area (Å²) >= 11 is 0. The predicted octanol–water partition coefficient (Wildman–Crippen LogP) is 0.900. The molecule has 5 N–H and O–H groups in total. The molecule has 112 valence electrons. The van der Waals surface area contributed by atoms with Crippen molar-refractivity contribution in [3.63, 3.8) is 0 Å². The van der Waals surface area contributed by atoms with Crippen LogP contribution in [0.15, 0.2) is 24.3 Å². The molecule has 0 aliphatic heterocycles. The Labute approximate surface area is 119 Å². The number of nitrogens with two attached hydrogens (primary N) is 1. The van der Waals surface area contributed by atoms with Crippen LogP contribution in [-0.4, -0.2) is 20.0 Å². The first-order chi connectivity index (χ1) is 9.07. The Hall–Kier alpha value is -1.64. The molecule has 0 aliphatic rings. The molecule has 0 bridgehead atoms. The van der Waals surface area contributed by atoms with E-state index in [1.54, 1.807) is 24.3 Å². The number of rotatable bonds is 4. The average molecular weight is 300 g/mol. The summed E-state index contributed by atoms with van der Waals surface area (Å²) in [7, 11) is -3.77. The number of carbonyl (C=O) groups is 1. The van der Waals surface area contributed by atoms with E-state index in [1.165, 1.54) is 0 Å². The standard InChI is InChI=1S/C12H20N4O3S/c1-12(2,3)16-11(17)15-10-7-5-4-6-9(10)8-14-20(13,18)19/h4-7,14H,8H2,1-3H3,(H2,13,18,19)(H2,15,16,17). The van der Waals surface area contributed by atoms with Gasteiger partial charge < -0.3 is 10.6 Å². The second-order valence-electron chi connectivity index (χ2n) is 5.35. The van der Waals surface area contributed by atoms with Crippen molar-refractivity contribution in [2.75, 3.05) is 5.32 Å². The van der Waals surface area contributed by atoms with E-state index in [4.69, 9.17) is 5.14 Å². The third-order valence-electron chi connectivity index (χ3n) is 2.22. The van der Waals surface area contributed by atoms with Crippen molar-refractivity contribution in [2.24, 2.45) is 5.14 Å². The molecule has 1 aromatic carbocycles. The van der Waals surface area contributed by atoms with Crippen LogP contribution in [0.25, 0.3) is 0 Å². The van der Waals surface area contributed by atoms with Crippen LogP contribution in [0, 0.1) is 0 Å². The smallest absolute Gasteiger partial charge is 0.319 e. The lowest BCUT2D eigenvalue weighted by molar-refractivity contribution is 0.244. The van der Waals surface area contributed by atoms with Gasteiger partial charge in [0.05, 0.1) is 0 Å². The van der Waals surface area contributed by atoms with E-state index < -0.39 is 10.2 Å². The zero-order valence-corrected chi connectivity index (χ0v) is 12.5. The van der Waals surface area contributed by atoms with Gasteiger partial charge >= 0.3 is 6.03 Å². The Balaban J connectivity index is 2.78. The van der Waals surface area contributed by atoms with Gasteiger partial charge in [-0.15, -0.1) is 0 Å². The Bertz CT molecular complexity index is 579. The molecule has 0 saturated carbocycles. The lowest BCUT2D eigenvalue weighted by Gasteiger charge is -2.21. The van der Waals surface area contributed by atoms with Crippen LogP contribution in [0.2, 0.25) is 0 Å². The molecule has 0 saturated heterocycles. The van der Waals surface area contributed by atoms with E-state index in [0.29, 0.717) is 11.3 Å². The van der Waals surface area contributed by atoms with Gasteiger partial charge in [0.1, 0.15) is 0 Å². The number of benzene rings is 1. The van der Waals surface area contributed by atoms with Crippen molar-refractivity contribution in [1.82, 2.24) is 10.0 Å². The molecule has 1 aromatic rings. The Morgan fingerprint density at radius 3 is 2.40 bits per heavy atom. The number of hydrogen-bond acceptors (Lipinski definition) is 3. The number of hydrogen-bond donors (Lipinski definition) is 4. The van der Waals surface area contributed by atoms with Gasteiger partial charge in [-0.2, -0.15) is 13.1 Å². The maximum absolute atomic E-state index is 11.8. The maximum Gasteiger partial charge on any atom is 0.319 e. The highest BCUT2D eigenvalue weighted by Crippen LogP contribution is 2.15. The third kappa shape index (κ3) is 6.50. The Morgan fingerprint density at radius 2 is 1.85 bits per heavy atom. The largest absolute Gasteiger partial charge is 0.333 e. The van der Waals surface area contributed by atoms with Gasteiger partial charge in [0, 0.05) is 17.8 Å². The van der Waals surface area contributed by atoms with Crippen LogP contribution in [0.4, 0.5) is 10.5 Å². The monoisotopic (exact) mass is 300 g/mol. The van der Waals surface area contributed by atoms with Crippen LogP contribution in [0.5, 0.6) is 0 Å². The molecule has 1 rings (SSSR count). The summed E-state index contributed by atoms with van der Waals surface area (Å²) in [6, 6.07) is 6.51. The quantitative estimate of drug-likeness (QED) is 0.662. The molecule has 0 aliphatic carbocycles. The summed E-state index contributed by atoms with van der Waals surface area (Å²) in [4.78, 5) is 11.8. The van der Waals surface area contributed by atoms with Crippen LogP contribution >= 0.6 is 0 Å². The van der Waals surface area contributed by atoms with Gasteiger partial charge in [0.25, 0.3) is 10.2 Å². The number of amides is 2. The highest BCUT2D eigenvalue weighted by Gasteiger charge is 2.14. The Kier molecular flexibility index (Phi) is 5.09. The molecule has 0 spiro atoms. The van der Waals surface area contributed by atoms with Gasteiger partial charge in [-0.05, 0) is 32.4 Å². The van der Waals surface area contributed by atoms with E-state index in [-0.39, 0.29) is 18.1 Å². The number of nitrogens with one attached hydrogen (secondary N) is 3. The van der Waals surface area contributed by atoms with Crippen molar-refractivity contribution in [3.8, 4) is 0 Å². The molecule has 7 nitrogen and oxygen atoms in total. The van der Waals surface area contributed by atoms with Gasteiger partial charge in [0.2, 0.25) is 0 Å². The Morgan fingerprint density at radius 1 is 1.25 bits per heavy atom. The lowest BCUT2D eigenvalue weighted by atomic mass is 10.1. The van der Waals surface area contributed by atoms with Crippen LogP contribution in [0.1, 0.15) is 26.3 Å². The number of carbonyl (C=O) groups excluding carboxylic acids is 1. The predicted molar refractivity (Wildman–Crippen MR) is 78.3 cm³/mol. The fourth-order valence-electron chi connectivity index (χ4n) is 1.47. The fourth-order valence-corrected chi connectivity index (χ4v) is 1.83. The third-order valence-corrected chi connectivity index (χ3v) is 2.76. The summed E-state index contributed by atoms with van der Waals surface area (Å²) in [5.41, 5.74) is 0.772. The molecular weight excluding hydrogens is 280 g/mol. The average Bonchev–Trinajstić information content (AvgIpc) is 2.24. The van der Waals surface area contributed by atoms with Crippen molar-refractivity contribution < 1.29 is 13.2 Å². The summed E-state index contributed by atoms with van der Waals surface area (Å²) < 4.78 is 24.0. The van der Waals surface area contributed by atoms with Gasteiger partial charge in [-0.1, -0.05) is 18.2 Å². The highest BCUT2D eigenvalue weighted by atomic mass is 32.2. The van der Waals surface area contributed by atoms with Crippen molar-refractivity contribution in [2.45, 2.75) is 32.9 Å². The van der Waals surface area contributed by atoms with Crippen LogP contribution in [0.3, 0.4) is 0 Å². The normalized spacial score (nSPS) is 12.0. The van der Waals surface area contributed by atoms with Crippen molar-refractivity contribution in [3.05, 3.63) is 29.8 Å². The van der Waals surface area contributed by atoms with Gasteiger partial charge in [-0.3, -0.25) is 0 Å². The SMILES string of the molecule is CC(C)(C)NC(=O)Nc1ccccc1CNS(N)(=O)=O. The molecule has 20 heavy (non-hydrogen) atoms. The van der Waals surface area contributed by atoms with Crippen molar-refractivity contribution >= 4 is 21.9 Å². The maximum atomic E-state index is 11.8. The molecule has 8 heteroatoms. The number of para-hydroxylation sites is 1. The van der Waals surface area contributed by atoms with E-state index in [9.17, 15) is 13.2 Å². The minimum Gasteiger partial charge on any atom is -0.333 e. The molecule has 2 amide bonds. The molecule has 0 aromatic heterocycles. The first kappa shape index (κ1) is 16.4. The zero-order chi connectivity index (χ0) is 15.4.